The summed E-state index contributed by atoms with van der Waals surface area (Å²) in [4.78, 5) is 4.79. The molecule has 5 nitrogen and oxygen atoms in total. The molecule has 2 aromatic rings. The van der Waals surface area contributed by atoms with Gasteiger partial charge in [-0.1, -0.05) is 21.1 Å². The van der Waals surface area contributed by atoms with Crippen molar-refractivity contribution in [1.29, 1.82) is 0 Å². The van der Waals surface area contributed by atoms with Crippen LogP contribution >= 0.6 is 15.9 Å². The van der Waals surface area contributed by atoms with Crippen LogP contribution in [-0.2, 0) is 23.3 Å². The van der Waals surface area contributed by atoms with Crippen molar-refractivity contribution < 1.29 is 35.9 Å². The molecular weight excluding hydrogens is 460 g/mol. The molecule has 0 amide bonds. The molecule has 3 heterocycles. The average molecular weight is 470 g/mol. The molecule has 0 aliphatic carbocycles. The average Bonchev–Trinajstić information content (AvgIpc) is 3.20. The molecule has 2 aliphatic heterocycles. The molecule has 0 fully saturated rings. The Kier molecular flexibility index (Phi) is 4.01. The van der Waals surface area contributed by atoms with Crippen LogP contribution in [0.3, 0.4) is 0 Å². The molecule has 28 heavy (non-hydrogen) atoms. The van der Waals surface area contributed by atoms with E-state index in [1.807, 2.05) is 0 Å². The Balaban J connectivity index is 1.96. The summed E-state index contributed by atoms with van der Waals surface area (Å²) in [7, 11) is 0. The Labute approximate surface area is 162 Å². The van der Waals surface area contributed by atoms with Gasteiger partial charge in [0.1, 0.15) is 5.75 Å². The van der Waals surface area contributed by atoms with Crippen LogP contribution in [0.5, 0.6) is 5.75 Å². The second kappa shape index (κ2) is 5.88. The van der Waals surface area contributed by atoms with E-state index in [0.29, 0.717) is 20.8 Å². The quantitative estimate of drug-likeness (QED) is 0.515. The van der Waals surface area contributed by atoms with Crippen LogP contribution in [0.2, 0.25) is 0 Å². The lowest BCUT2D eigenvalue weighted by Gasteiger charge is -2.29. The third-order valence-corrected chi connectivity index (χ3v) is 5.51. The summed E-state index contributed by atoms with van der Waals surface area (Å²) in [5, 5.41) is 6.85. The smallest absolute Gasteiger partial charge is 0.437 e. The highest BCUT2D eigenvalue weighted by atomic mass is 79.9. The van der Waals surface area contributed by atoms with Gasteiger partial charge in [-0.3, -0.25) is 0 Å². The van der Waals surface area contributed by atoms with Crippen molar-refractivity contribution in [2.75, 3.05) is 0 Å². The van der Waals surface area contributed by atoms with E-state index in [2.05, 4.69) is 26.2 Å². The molecule has 1 aromatic heterocycles. The zero-order valence-electron chi connectivity index (χ0n) is 14.0. The van der Waals surface area contributed by atoms with Gasteiger partial charge in [-0.05, 0) is 25.1 Å². The molecule has 1 unspecified atom stereocenters. The van der Waals surface area contributed by atoms with Gasteiger partial charge in [0.25, 0.3) is 5.60 Å². The van der Waals surface area contributed by atoms with Gasteiger partial charge in [-0.15, -0.1) is 0 Å². The molecule has 1 atom stereocenters. The fourth-order valence-corrected chi connectivity index (χ4v) is 3.51. The molecule has 4 rings (SSSR count). The van der Waals surface area contributed by atoms with Crippen LogP contribution in [0.15, 0.2) is 27.8 Å². The summed E-state index contributed by atoms with van der Waals surface area (Å²) in [5.41, 5.74) is -4.64. The molecular formula is C16H10BrF6N3O2. The molecule has 2 aliphatic rings. The van der Waals surface area contributed by atoms with E-state index in [4.69, 9.17) is 9.57 Å². The van der Waals surface area contributed by atoms with Crippen molar-refractivity contribution in [3.05, 3.63) is 45.2 Å². The van der Waals surface area contributed by atoms with Gasteiger partial charge >= 0.3 is 12.4 Å². The number of hydrogen-bond donors (Lipinski definition) is 0. The van der Waals surface area contributed by atoms with Crippen LogP contribution < -0.4 is 4.74 Å². The molecule has 0 saturated carbocycles. The van der Waals surface area contributed by atoms with Crippen LogP contribution in [-0.4, -0.2) is 21.7 Å². The Morgan fingerprint density at radius 3 is 2.54 bits per heavy atom. The normalized spacial score (nSPS) is 21.5. The summed E-state index contributed by atoms with van der Waals surface area (Å²) in [6, 6.07) is 3.45. The largest absolute Gasteiger partial charge is 0.470 e. The highest BCUT2D eigenvalue weighted by Gasteiger charge is 2.65. The minimum atomic E-state index is -5.05. The SMILES string of the molecule is Cc1c(Br)ccc2c1OCn1nc(C(F)(F)F)cc1C1(C(F)(F)F)CC2=NO1. The van der Waals surface area contributed by atoms with Crippen molar-refractivity contribution in [2.24, 2.45) is 5.16 Å². The highest BCUT2D eigenvalue weighted by molar-refractivity contribution is 9.10. The second-order valence-corrected chi connectivity index (χ2v) is 7.22. The number of oxime groups is 1. The Morgan fingerprint density at radius 1 is 1.18 bits per heavy atom. The molecule has 0 spiro atoms. The number of halogens is 7. The predicted octanol–water partition coefficient (Wildman–Crippen LogP) is 4.90. The van der Waals surface area contributed by atoms with Crippen molar-refractivity contribution >= 4 is 21.6 Å². The van der Waals surface area contributed by atoms with Gasteiger partial charge in [0.2, 0.25) is 0 Å². The van der Waals surface area contributed by atoms with Gasteiger partial charge in [0.05, 0.1) is 17.8 Å². The lowest BCUT2D eigenvalue weighted by Crippen LogP contribution is -2.44. The van der Waals surface area contributed by atoms with Crippen molar-refractivity contribution in [3.63, 3.8) is 0 Å². The Bertz CT molecular complexity index is 997. The molecule has 1 aromatic carbocycles. The topological polar surface area (TPSA) is 48.6 Å². The first-order chi connectivity index (χ1) is 12.9. The number of aromatic nitrogens is 2. The van der Waals surface area contributed by atoms with E-state index < -0.39 is 42.5 Å². The summed E-state index contributed by atoms with van der Waals surface area (Å²) < 4.78 is 88.0. The van der Waals surface area contributed by atoms with Crippen molar-refractivity contribution in [3.8, 4) is 5.75 Å². The molecule has 2 bridgehead atoms. The van der Waals surface area contributed by atoms with Crippen molar-refractivity contribution in [1.82, 2.24) is 9.78 Å². The van der Waals surface area contributed by atoms with E-state index in [-0.39, 0.29) is 17.0 Å². The van der Waals surface area contributed by atoms with E-state index in [9.17, 15) is 26.3 Å². The minimum absolute atomic E-state index is 0.0777. The molecule has 12 heteroatoms. The van der Waals surface area contributed by atoms with Crippen LogP contribution in [0, 0.1) is 6.92 Å². The van der Waals surface area contributed by atoms with E-state index >= 15 is 0 Å². The molecule has 0 radical (unpaired) electrons. The Morgan fingerprint density at radius 2 is 1.89 bits per heavy atom. The second-order valence-electron chi connectivity index (χ2n) is 6.37. The lowest BCUT2D eigenvalue weighted by molar-refractivity contribution is -0.278. The summed E-state index contributed by atoms with van der Waals surface area (Å²) in [5.74, 6) is 0.187. The highest BCUT2D eigenvalue weighted by Crippen LogP contribution is 2.51. The first-order valence-electron chi connectivity index (χ1n) is 7.83. The fraction of sp³-hybridized carbons (Fsp3) is 0.375. The first kappa shape index (κ1) is 19.1. The summed E-state index contributed by atoms with van der Waals surface area (Å²) >= 11 is 3.29. The number of benzene rings is 1. The number of ether oxygens (including phenoxy) is 1. The minimum Gasteiger partial charge on any atom is -0.470 e. The summed E-state index contributed by atoms with van der Waals surface area (Å²) in [6.07, 6.45) is -10.8. The molecule has 0 N–H and O–H groups in total. The summed E-state index contributed by atoms with van der Waals surface area (Å²) in [6.45, 7) is 0.990. The molecule has 150 valence electrons. The Hall–Kier alpha value is -2.24. The zero-order chi connectivity index (χ0) is 20.5. The third kappa shape index (κ3) is 2.68. The van der Waals surface area contributed by atoms with Gasteiger partial charge in [-0.25, -0.2) is 4.68 Å². The van der Waals surface area contributed by atoms with Crippen LogP contribution in [0.4, 0.5) is 26.3 Å². The van der Waals surface area contributed by atoms with E-state index in [0.717, 1.165) is 0 Å². The number of alkyl halides is 6. The number of rotatable bonds is 0. The lowest BCUT2D eigenvalue weighted by atomic mass is 9.89. The first-order valence-corrected chi connectivity index (χ1v) is 8.63. The predicted molar refractivity (Wildman–Crippen MR) is 86.7 cm³/mol. The fourth-order valence-electron chi connectivity index (χ4n) is 3.20. The van der Waals surface area contributed by atoms with Gasteiger partial charge in [0, 0.05) is 15.6 Å². The van der Waals surface area contributed by atoms with Crippen molar-refractivity contribution in [2.45, 2.75) is 38.0 Å². The maximum absolute atomic E-state index is 14.0. The number of nitrogens with zero attached hydrogens (tertiary/aromatic N) is 3. The van der Waals surface area contributed by atoms with Crippen LogP contribution in [0.1, 0.15) is 28.9 Å². The number of fused-ring (bicyclic) bond motifs is 6. The maximum atomic E-state index is 14.0. The standard InChI is InChI=1S/C16H10BrF6N3O2/c1-7-9(17)3-2-8-10-5-14(28-25-10,16(21,22)23)12-4-11(15(18,19)20)24-26(12)6-27-13(7)8/h2-4H,5-6H2,1H3. The van der Waals surface area contributed by atoms with Gasteiger partial charge < -0.3 is 9.57 Å². The van der Waals surface area contributed by atoms with E-state index in [1.54, 1.807) is 13.0 Å². The van der Waals surface area contributed by atoms with E-state index in [1.165, 1.54) is 6.07 Å². The van der Waals surface area contributed by atoms with Gasteiger partial charge in [-0.2, -0.15) is 31.4 Å². The maximum Gasteiger partial charge on any atom is 0.437 e. The zero-order valence-corrected chi connectivity index (χ0v) is 15.5. The monoisotopic (exact) mass is 469 g/mol. The van der Waals surface area contributed by atoms with Crippen LogP contribution in [0.25, 0.3) is 0 Å². The van der Waals surface area contributed by atoms with Gasteiger partial charge in [0.15, 0.2) is 12.4 Å². The molecule has 0 saturated heterocycles. The third-order valence-electron chi connectivity index (χ3n) is 4.65. The number of hydrogen-bond acceptors (Lipinski definition) is 4.